The number of methoxy groups -OCH3 is 3. The summed E-state index contributed by atoms with van der Waals surface area (Å²) in [5.74, 6) is 0.845. The highest BCUT2D eigenvalue weighted by molar-refractivity contribution is 9.10. The van der Waals surface area contributed by atoms with Crippen LogP contribution in [0.2, 0.25) is 10.0 Å². The Morgan fingerprint density at radius 1 is 0.947 bits per heavy atom. The lowest BCUT2D eigenvalue weighted by molar-refractivity contribution is -0.120. The first-order chi connectivity index (χ1) is 18.2. The first-order valence-electron chi connectivity index (χ1n) is 11.0. The molecule has 0 atom stereocenters. The molecule has 0 saturated carbocycles. The Morgan fingerprint density at radius 3 is 2.37 bits per heavy atom. The van der Waals surface area contributed by atoms with Gasteiger partial charge in [-0.3, -0.25) is 9.59 Å². The van der Waals surface area contributed by atoms with Gasteiger partial charge in [0, 0.05) is 21.2 Å². The van der Waals surface area contributed by atoms with Crippen LogP contribution in [-0.2, 0) is 11.4 Å². The summed E-state index contributed by atoms with van der Waals surface area (Å²) in [4.78, 5) is 24.5. The molecule has 0 fully saturated rings. The lowest BCUT2D eigenvalue weighted by Gasteiger charge is -2.14. The zero-order chi connectivity index (χ0) is 27.7. The second kappa shape index (κ2) is 13.9. The van der Waals surface area contributed by atoms with Crippen LogP contribution in [0, 0.1) is 0 Å². The van der Waals surface area contributed by atoms with Crippen molar-refractivity contribution >= 4 is 57.2 Å². The van der Waals surface area contributed by atoms with Gasteiger partial charge in [0.1, 0.15) is 6.61 Å². The van der Waals surface area contributed by atoms with E-state index in [0.717, 1.165) is 5.56 Å². The number of rotatable bonds is 11. The van der Waals surface area contributed by atoms with Gasteiger partial charge in [-0.15, -0.1) is 0 Å². The van der Waals surface area contributed by atoms with Crippen molar-refractivity contribution in [2.75, 3.05) is 27.9 Å². The van der Waals surface area contributed by atoms with E-state index in [1.54, 1.807) is 42.5 Å². The van der Waals surface area contributed by atoms with Crippen molar-refractivity contribution in [2.45, 2.75) is 6.61 Å². The first kappa shape index (κ1) is 29.1. The highest BCUT2D eigenvalue weighted by Gasteiger charge is 2.14. The van der Waals surface area contributed by atoms with E-state index in [4.69, 9.17) is 42.1 Å². The van der Waals surface area contributed by atoms with Crippen LogP contribution in [0.3, 0.4) is 0 Å². The van der Waals surface area contributed by atoms with E-state index in [2.05, 4.69) is 31.8 Å². The molecule has 0 aliphatic heterocycles. The van der Waals surface area contributed by atoms with Crippen LogP contribution in [-0.4, -0.2) is 45.9 Å². The summed E-state index contributed by atoms with van der Waals surface area (Å²) in [6.07, 6.45) is 1.43. The smallest absolute Gasteiger partial charge is 0.259 e. The molecule has 0 bridgehead atoms. The first-order valence-corrected chi connectivity index (χ1v) is 12.6. The number of carbonyl (C=O) groups is 2. The van der Waals surface area contributed by atoms with Gasteiger partial charge in [0.2, 0.25) is 0 Å². The summed E-state index contributed by atoms with van der Waals surface area (Å²) in [7, 11) is 4.48. The summed E-state index contributed by atoms with van der Waals surface area (Å²) in [6, 6.07) is 13.3. The molecular weight excluding hydrogens is 601 g/mol. The molecule has 0 unspecified atom stereocenters. The third-order valence-corrected chi connectivity index (χ3v) is 6.27. The van der Waals surface area contributed by atoms with Crippen LogP contribution in [0.1, 0.15) is 21.5 Å². The molecule has 2 N–H and O–H groups in total. The topological polar surface area (TPSA) is 107 Å². The molecule has 9 nitrogen and oxygen atoms in total. The fourth-order valence-corrected chi connectivity index (χ4v) is 4.24. The maximum Gasteiger partial charge on any atom is 0.259 e. The molecule has 0 spiro atoms. The number of halogens is 3. The van der Waals surface area contributed by atoms with Crippen LogP contribution in [0.15, 0.2) is 58.1 Å². The summed E-state index contributed by atoms with van der Waals surface area (Å²) in [5.41, 5.74) is 4.07. The molecule has 0 aliphatic carbocycles. The Labute approximate surface area is 238 Å². The standard InChI is InChI=1S/C26H24BrCl2N3O6/c1-35-21-7-5-16(10-22(21)36-2)26(34)30-13-24(33)32-31-12-15-8-19(27)25(23(9-15)37-3)38-14-17-4-6-18(28)11-20(17)29/h4-12H,13-14H2,1-3H3,(H,30,34)(H,32,33)/b31-12+. The van der Waals surface area contributed by atoms with E-state index in [9.17, 15) is 9.59 Å². The lowest BCUT2D eigenvalue weighted by atomic mass is 10.2. The Hall–Kier alpha value is -3.47. The van der Waals surface area contributed by atoms with Gasteiger partial charge >= 0.3 is 0 Å². The molecule has 0 aliphatic rings. The second-order valence-corrected chi connectivity index (χ2v) is 9.30. The number of ether oxygens (including phenoxy) is 4. The van der Waals surface area contributed by atoms with Crippen molar-refractivity contribution in [3.05, 3.63) is 79.7 Å². The number of hydrazone groups is 1. The average molecular weight is 625 g/mol. The maximum atomic E-state index is 12.4. The maximum absolute atomic E-state index is 12.4. The Balaban J connectivity index is 1.57. The SMILES string of the molecule is COc1ccc(C(=O)NCC(=O)N/N=C/c2cc(Br)c(OCc3ccc(Cl)cc3Cl)c(OC)c2)cc1OC. The molecule has 0 saturated heterocycles. The minimum Gasteiger partial charge on any atom is -0.493 e. The lowest BCUT2D eigenvalue weighted by Crippen LogP contribution is -2.34. The van der Waals surface area contributed by atoms with Crippen molar-refractivity contribution in [1.29, 1.82) is 0 Å². The van der Waals surface area contributed by atoms with Crippen molar-refractivity contribution in [3.63, 3.8) is 0 Å². The number of amides is 2. The quantitative estimate of drug-likeness (QED) is 0.223. The molecule has 3 aromatic carbocycles. The third kappa shape index (κ3) is 7.77. The third-order valence-electron chi connectivity index (χ3n) is 5.10. The molecule has 0 heterocycles. The Morgan fingerprint density at radius 2 is 1.68 bits per heavy atom. The summed E-state index contributed by atoms with van der Waals surface area (Å²) < 4.78 is 22.3. The van der Waals surface area contributed by atoms with Crippen LogP contribution < -0.4 is 29.7 Å². The fraction of sp³-hybridized carbons (Fsp3) is 0.192. The van der Waals surface area contributed by atoms with Crippen LogP contribution in [0.25, 0.3) is 0 Å². The summed E-state index contributed by atoms with van der Waals surface area (Å²) >= 11 is 15.6. The number of benzene rings is 3. The molecule has 200 valence electrons. The highest BCUT2D eigenvalue weighted by atomic mass is 79.9. The molecular formula is C26H24BrCl2N3O6. The molecule has 2 amide bonds. The van der Waals surface area contributed by atoms with E-state index < -0.39 is 11.8 Å². The van der Waals surface area contributed by atoms with Gasteiger partial charge in [0.05, 0.1) is 38.6 Å². The molecule has 0 radical (unpaired) electrons. The number of carbonyl (C=O) groups excluding carboxylic acids is 2. The Bertz CT molecular complexity index is 1350. The van der Waals surface area contributed by atoms with E-state index in [1.807, 2.05) is 0 Å². The van der Waals surface area contributed by atoms with Crippen LogP contribution in [0.4, 0.5) is 0 Å². The van der Waals surface area contributed by atoms with Gasteiger partial charge in [-0.2, -0.15) is 5.10 Å². The minimum atomic E-state index is -0.513. The number of nitrogens with zero attached hydrogens (tertiary/aromatic N) is 1. The molecule has 38 heavy (non-hydrogen) atoms. The van der Waals surface area contributed by atoms with Crippen molar-refractivity contribution in [2.24, 2.45) is 5.10 Å². The van der Waals surface area contributed by atoms with E-state index >= 15 is 0 Å². The largest absolute Gasteiger partial charge is 0.493 e. The van der Waals surface area contributed by atoms with Gasteiger partial charge in [0.15, 0.2) is 23.0 Å². The van der Waals surface area contributed by atoms with E-state index in [-0.39, 0.29) is 13.2 Å². The van der Waals surface area contributed by atoms with Gasteiger partial charge in [-0.05, 0) is 64.0 Å². The number of hydrogen-bond acceptors (Lipinski definition) is 7. The van der Waals surface area contributed by atoms with E-state index in [1.165, 1.54) is 33.6 Å². The monoisotopic (exact) mass is 623 g/mol. The normalized spacial score (nSPS) is 10.7. The van der Waals surface area contributed by atoms with Gasteiger partial charge in [0.25, 0.3) is 11.8 Å². The summed E-state index contributed by atoms with van der Waals surface area (Å²) in [6.45, 7) is -0.0823. The Kier molecular flexibility index (Phi) is 10.6. The van der Waals surface area contributed by atoms with Crippen LogP contribution in [0.5, 0.6) is 23.0 Å². The van der Waals surface area contributed by atoms with E-state index in [0.29, 0.717) is 48.6 Å². The number of hydrogen-bond donors (Lipinski definition) is 2. The fourth-order valence-electron chi connectivity index (χ4n) is 3.20. The molecule has 0 aromatic heterocycles. The van der Waals surface area contributed by atoms with Crippen molar-refractivity contribution in [1.82, 2.24) is 10.7 Å². The van der Waals surface area contributed by atoms with Crippen molar-refractivity contribution < 1.29 is 28.5 Å². The summed E-state index contributed by atoms with van der Waals surface area (Å²) in [5, 5.41) is 7.49. The zero-order valence-corrected chi connectivity index (χ0v) is 23.7. The van der Waals surface area contributed by atoms with Crippen molar-refractivity contribution in [3.8, 4) is 23.0 Å². The molecule has 3 rings (SSSR count). The zero-order valence-electron chi connectivity index (χ0n) is 20.6. The average Bonchev–Trinajstić information content (AvgIpc) is 2.91. The predicted molar refractivity (Wildman–Crippen MR) is 149 cm³/mol. The van der Waals surface area contributed by atoms with Gasteiger partial charge < -0.3 is 24.3 Å². The van der Waals surface area contributed by atoms with Crippen LogP contribution >= 0.6 is 39.1 Å². The highest BCUT2D eigenvalue weighted by Crippen LogP contribution is 2.37. The predicted octanol–water partition coefficient (Wildman–Crippen LogP) is 5.24. The van der Waals surface area contributed by atoms with Gasteiger partial charge in [-0.25, -0.2) is 5.43 Å². The number of nitrogens with one attached hydrogen (secondary N) is 2. The minimum absolute atomic E-state index is 0.198. The molecule has 12 heteroatoms. The second-order valence-electron chi connectivity index (χ2n) is 7.60. The van der Waals surface area contributed by atoms with Gasteiger partial charge in [-0.1, -0.05) is 29.3 Å². The molecule has 3 aromatic rings.